The van der Waals surface area contributed by atoms with Gasteiger partial charge in [-0.1, -0.05) is 49.4 Å². The molecular formula is C23H25N2O2S+. The van der Waals surface area contributed by atoms with E-state index in [4.69, 9.17) is 0 Å². The molecule has 144 valence electrons. The lowest BCUT2D eigenvalue weighted by atomic mass is 10.0. The van der Waals surface area contributed by atoms with Gasteiger partial charge in [0.25, 0.3) is 5.91 Å². The first kappa shape index (κ1) is 20.0. The highest BCUT2D eigenvalue weighted by atomic mass is 32.1. The van der Waals surface area contributed by atoms with Crippen molar-refractivity contribution in [2.24, 2.45) is 0 Å². The normalized spacial score (nSPS) is 11.8. The fraction of sp³-hybridized carbons (Fsp3) is 0.217. The third-order valence-electron chi connectivity index (χ3n) is 4.72. The van der Waals surface area contributed by atoms with E-state index in [1.54, 1.807) is 29.5 Å². The Balaban J connectivity index is 1.72. The van der Waals surface area contributed by atoms with Gasteiger partial charge >= 0.3 is 0 Å². The van der Waals surface area contributed by atoms with Crippen LogP contribution in [0.1, 0.15) is 46.3 Å². The second-order valence-corrected chi connectivity index (χ2v) is 7.66. The van der Waals surface area contributed by atoms with Crippen LogP contribution in [0.3, 0.4) is 0 Å². The SMILES string of the molecule is CCc1ccc([C@@H]([NH2+]CC(=O)Nc2ccccc2C(C)=O)c2cccs2)cc1. The average molecular weight is 394 g/mol. The van der Waals surface area contributed by atoms with Crippen molar-refractivity contribution < 1.29 is 14.9 Å². The van der Waals surface area contributed by atoms with E-state index in [-0.39, 0.29) is 24.3 Å². The summed E-state index contributed by atoms with van der Waals surface area (Å²) in [6, 6.07) is 19.9. The van der Waals surface area contributed by atoms with Crippen molar-refractivity contribution >= 4 is 28.7 Å². The molecule has 1 amide bonds. The van der Waals surface area contributed by atoms with E-state index in [2.05, 4.69) is 48.0 Å². The second kappa shape index (κ2) is 9.44. The molecule has 1 aromatic heterocycles. The van der Waals surface area contributed by atoms with Gasteiger partial charge in [0.15, 0.2) is 12.3 Å². The maximum atomic E-state index is 12.5. The minimum atomic E-state index is -0.125. The van der Waals surface area contributed by atoms with Crippen molar-refractivity contribution in [1.29, 1.82) is 0 Å². The topological polar surface area (TPSA) is 62.8 Å². The van der Waals surface area contributed by atoms with Crippen LogP contribution in [0.2, 0.25) is 0 Å². The minimum Gasteiger partial charge on any atom is -0.328 e. The number of rotatable bonds is 8. The van der Waals surface area contributed by atoms with Gasteiger partial charge in [-0.3, -0.25) is 9.59 Å². The summed E-state index contributed by atoms with van der Waals surface area (Å²) in [6.07, 6.45) is 1.01. The van der Waals surface area contributed by atoms with Crippen molar-refractivity contribution in [3.63, 3.8) is 0 Å². The smallest absolute Gasteiger partial charge is 0.279 e. The van der Waals surface area contributed by atoms with Gasteiger partial charge in [-0.2, -0.15) is 0 Å². The number of para-hydroxylation sites is 1. The summed E-state index contributed by atoms with van der Waals surface area (Å²) in [5.74, 6) is -0.187. The molecule has 3 rings (SSSR count). The Morgan fingerprint density at radius 1 is 1.04 bits per heavy atom. The third kappa shape index (κ3) is 4.94. The summed E-state index contributed by atoms with van der Waals surface area (Å²) in [5, 5.41) is 6.97. The molecule has 1 heterocycles. The molecule has 3 N–H and O–H groups in total. The zero-order valence-corrected chi connectivity index (χ0v) is 17.0. The van der Waals surface area contributed by atoms with Crippen LogP contribution in [0.15, 0.2) is 66.0 Å². The Kier molecular flexibility index (Phi) is 6.74. The number of hydrogen-bond donors (Lipinski definition) is 2. The zero-order valence-electron chi connectivity index (χ0n) is 16.1. The Bertz CT molecular complexity index is 934. The molecule has 0 aliphatic heterocycles. The molecule has 0 bridgehead atoms. The van der Waals surface area contributed by atoms with Crippen LogP contribution in [0, 0.1) is 0 Å². The van der Waals surface area contributed by atoms with Gasteiger partial charge in [0.05, 0.1) is 10.6 Å². The van der Waals surface area contributed by atoms with Crippen molar-refractivity contribution in [2.75, 3.05) is 11.9 Å². The molecular weight excluding hydrogens is 368 g/mol. The summed E-state index contributed by atoms with van der Waals surface area (Å²) in [4.78, 5) is 25.5. The second-order valence-electron chi connectivity index (χ2n) is 6.68. The maximum absolute atomic E-state index is 12.5. The Morgan fingerprint density at radius 3 is 2.43 bits per heavy atom. The molecule has 2 aromatic carbocycles. The Morgan fingerprint density at radius 2 is 1.79 bits per heavy atom. The number of anilines is 1. The monoisotopic (exact) mass is 393 g/mol. The number of ketones is 1. The quantitative estimate of drug-likeness (QED) is 0.572. The lowest BCUT2D eigenvalue weighted by Gasteiger charge is -2.15. The van der Waals surface area contributed by atoms with Crippen molar-refractivity contribution in [3.05, 3.63) is 87.6 Å². The van der Waals surface area contributed by atoms with Gasteiger partial charge in [-0.15, -0.1) is 11.3 Å². The van der Waals surface area contributed by atoms with Crippen LogP contribution < -0.4 is 10.6 Å². The van der Waals surface area contributed by atoms with Crippen LogP contribution in [-0.2, 0) is 11.2 Å². The number of nitrogens with two attached hydrogens (primary N) is 1. The number of benzene rings is 2. The number of nitrogens with one attached hydrogen (secondary N) is 1. The van der Waals surface area contributed by atoms with Gasteiger partial charge in [0, 0.05) is 11.1 Å². The van der Waals surface area contributed by atoms with E-state index in [1.165, 1.54) is 22.9 Å². The van der Waals surface area contributed by atoms with E-state index >= 15 is 0 Å². The zero-order chi connectivity index (χ0) is 19.9. The van der Waals surface area contributed by atoms with Crippen LogP contribution >= 0.6 is 11.3 Å². The molecule has 1 atom stereocenters. The Hall–Kier alpha value is -2.76. The molecule has 0 aliphatic carbocycles. The average Bonchev–Trinajstić information content (AvgIpc) is 3.23. The highest BCUT2D eigenvalue weighted by Gasteiger charge is 2.20. The fourth-order valence-corrected chi connectivity index (χ4v) is 4.02. The minimum absolute atomic E-state index is 0.0626. The maximum Gasteiger partial charge on any atom is 0.279 e. The highest BCUT2D eigenvalue weighted by Crippen LogP contribution is 2.23. The molecule has 3 aromatic rings. The molecule has 4 nitrogen and oxygen atoms in total. The van der Waals surface area contributed by atoms with E-state index in [0.29, 0.717) is 11.3 Å². The fourth-order valence-electron chi connectivity index (χ4n) is 3.17. The lowest BCUT2D eigenvalue weighted by molar-refractivity contribution is -0.675. The van der Waals surface area contributed by atoms with Crippen molar-refractivity contribution in [3.8, 4) is 0 Å². The van der Waals surface area contributed by atoms with Crippen molar-refractivity contribution in [2.45, 2.75) is 26.3 Å². The molecule has 0 fully saturated rings. The summed E-state index contributed by atoms with van der Waals surface area (Å²) < 4.78 is 0. The van der Waals surface area contributed by atoms with E-state index in [0.717, 1.165) is 6.42 Å². The molecule has 0 aliphatic rings. The molecule has 5 heteroatoms. The van der Waals surface area contributed by atoms with Crippen LogP contribution in [-0.4, -0.2) is 18.2 Å². The van der Waals surface area contributed by atoms with E-state index in [9.17, 15) is 9.59 Å². The molecule has 0 saturated heterocycles. The molecule has 0 radical (unpaired) electrons. The van der Waals surface area contributed by atoms with E-state index in [1.807, 2.05) is 17.4 Å². The molecule has 28 heavy (non-hydrogen) atoms. The number of hydrogen-bond acceptors (Lipinski definition) is 3. The number of thiophene rings is 1. The third-order valence-corrected chi connectivity index (χ3v) is 5.67. The van der Waals surface area contributed by atoms with Crippen molar-refractivity contribution in [1.82, 2.24) is 0 Å². The number of carbonyl (C=O) groups is 2. The summed E-state index contributed by atoms with van der Waals surface area (Å²) in [7, 11) is 0. The van der Waals surface area contributed by atoms with Gasteiger partial charge in [0.2, 0.25) is 0 Å². The van der Waals surface area contributed by atoms with Crippen LogP contribution in [0.25, 0.3) is 0 Å². The number of amides is 1. The lowest BCUT2D eigenvalue weighted by Crippen LogP contribution is -2.87. The first-order valence-electron chi connectivity index (χ1n) is 9.44. The highest BCUT2D eigenvalue weighted by molar-refractivity contribution is 7.10. The number of quaternary nitrogens is 1. The van der Waals surface area contributed by atoms with Gasteiger partial charge in [-0.05, 0) is 42.5 Å². The predicted octanol–water partition coefficient (Wildman–Crippen LogP) is 3.80. The molecule has 0 saturated carbocycles. The first-order valence-corrected chi connectivity index (χ1v) is 10.3. The Labute approximate surface area is 169 Å². The van der Waals surface area contributed by atoms with E-state index < -0.39 is 0 Å². The van der Waals surface area contributed by atoms with Crippen LogP contribution in [0.4, 0.5) is 5.69 Å². The first-order chi connectivity index (χ1) is 13.6. The number of aryl methyl sites for hydroxylation is 1. The predicted molar refractivity (Wildman–Crippen MR) is 114 cm³/mol. The summed E-state index contributed by atoms with van der Waals surface area (Å²) >= 11 is 1.69. The largest absolute Gasteiger partial charge is 0.328 e. The molecule has 0 spiro atoms. The van der Waals surface area contributed by atoms with Gasteiger partial charge in [-0.25, -0.2) is 0 Å². The summed E-state index contributed by atoms with van der Waals surface area (Å²) in [5.41, 5.74) is 3.57. The van der Waals surface area contributed by atoms with Gasteiger partial charge < -0.3 is 10.6 Å². The number of Topliss-reactive ketones (excluding diaryl/α,β-unsaturated/α-hetero) is 1. The van der Waals surface area contributed by atoms with Gasteiger partial charge in [0.1, 0.15) is 6.04 Å². The number of carbonyl (C=O) groups excluding carboxylic acids is 2. The summed E-state index contributed by atoms with van der Waals surface area (Å²) in [6.45, 7) is 3.91. The van der Waals surface area contributed by atoms with Crippen LogP contribution in [0.5, 0.6) is 0 Å². The standard InChI is InChI=1S/C23H24N2O2S/c1-3-17-10-12-18(13-11-17)23(21-9-6-14-28-21)24-15-22(27)25-20-8-5-4-7-19(20)16(2)26/h4-14,23-24H,3,15H2,1-2H3,(H,25,27)/p+1/t23-/m1/s1. The molecule has 0 unspecified atom stereocenters.